The molecule has 0 spiro atoms. The quantitative estimate of drug-likeness (QED) is 0.555. The second kappa shape index (κ2) is 2.88. The normalized spacial score (nSPS) is 14.4. The van der Waals surface area contributed by atoms with Crippen molar-refractivity contribution in [2.45, 2.75) is 20.3 Å². The van der Waals surface area contributed by atoms with Crippen molar-refractivity contribution >= 4 is 0 Å². The maximum atomic E-state index is 8.76. The van der Waals surface area contributed by atoms with Gasteiger partial charge in [0.1, 0.15) is 0 Å². The Bertz CT molecular complexity index is 126. The van der Waals surface area contributed by atoms with Crippen LogP contribution < -0.4 is 0 Å². The van der Waals surface area contributed by atoms with Crippen LogP contribution in [-0.2, 0) is 0 Å². The zero-order valence-corrected chi connectivity index (χ0v) is 5.44. The Hall–Kier alpha value is -0.300. The van der Waals surface area contributed by atoms with Crippen molar-refractivity contribution in [3.8, 4) is 0 Å². The molecule has 0 aliphatic rings. The van der Waals surface area contributed by atoms with Gasteiger partial charge in [-0.1, -0.05) is 19.9 Å². The summed E-state index contributed by atoms with van der Waals surface area (Å²) < 4.78 is 13.6. The molecule has 0 saturated heterocycles. The molecule has 0 aliphatic heterocycles. The highest BCUT2D eigenvalue weighted by molar-refractivity contribution is 4.78. The molecule has 0 rings (SSSR count). The van der Waals surface area contributed by atoms with Crippen molar-refractivity contribution in [3.63, 3.8) is 0 Å². The van der Waals surface area contributed by atoms with Crippen molar-refractivity contribution in [2.75, 3.05) is 6.61 Å². The predicted molar refractivity (Wildman–Crippen MR) is 35.7 cm³/mol. The average molecular weight is 116 g/mol. The van der Waals surface area contributed by atoms with Crippen LogP contribution in [0.15, 0.2) is 12.6 Å². The van der Waals surface area contributed by atoms with Gasteiger partial charge in [-0.3, -0.25) is 0 Å². The minimum atomic E-state index is -0.187. The highest BCUT2D eigenvalue weighted by Gasteiger charge is 2.12. The summed E-state index contributed by atoms with van der Waals surface area (Å²) in [5, 5.41) is 8.76. The highest BCUT2D eigenvalue weighted by atomic mass is 16.3. The minimum absolute atomic E-state index is 0.0940. The molecule has 1 N–H and O–H groups in total. The van der Waals surface area contributed by atoms with Crippen molar-refractivity contribution in [3.05, 3.63) is 12.6 Å². The number of allylic oxidation sites excluding steroid dienone is 1. The molecule has 1 heteroatoms. The summed E-state index contributed by atoms with van der Waals surface area (Å²) in [4.78, 5) is 0. The molecule has 0 atom stereocenters. The number of rotatable bonds is 3. The molecule has 0 aromatic carbocycles. The summed E-state index contributed by atoms with van der Waals surface area (Å²) in [6, 6.07) is 0. The summed E-state index contributed by atoms with van der Waals surface area (Å²) in [5.41, 5.74) is -0.187. The Morgan fingerprint density at radius 1 is 1.88 bits per heavy atom. The molecule has 0 bridgehead atoms. The van der Waals surface area contributed by atoms with Crippen LogP contribution in [0.3, 0.4) is 0 Å². The van der Waals surface area contributed by atoms with E-state index in [0.717, 1.165) is 0 Å². The Balaban J connectivity index is 3.78. The standard InChI is InChI=1S/C7H14O/c1-4-5-7(2,3)6-8/h4,8H,1,5-6H2,2-3H3/i1D2. The maximum absolute atomic E-state index is 8.76. The number of hydrogen-bond acceptors (Lipinski definition) is 1. The van der Waals surface area contributed by atoms with Crippen molar-refractivity contribution in [1.29, 1.82) is 0 Å². The first-order chi connectivity index (χ1) is 4.48. The topological polar surface area (TPSA) is 20.2 Å². The van der Waals surface area contributed by atoms with Crippen molar-refractivity contribution in [2.24, 2.45) is 5.41 Å². The van der Waals surface area contributed by atoms with Gasteiger partial charge in [-0.05, 0) is 11.8 Å². The molecule has 0 fully saturated rings. The molecule has 0 amide bonds. The van der Waals surface area contributed by atoms with E-state index in [4.69, 9.17) is 7.85 Å². The van der Waals surface area contributed by atoms with E-state index in [2.05, 4.69) is 0 Å². The fourth-order valence-corrected chi connectivity index (χ4v) is 0.341. The third kappa shape index (κ3) is 2.80. The molecule has 0 saturated carbocycles. The van der Waals surface area contributed by atoms with Gasteiger partial charge in [0.25, 0.3) is 0 Å². The number of hydrogen-bond donors (Lipinski definition) is 1. The van der Waals surface area contributed by atoms with E-state index in [1.807, 2.05) is 13.8 Å². The SMILES string of the molecule is [2H]C([2H])=CCC(C)(C)CO. The van der Waals surface area contributed by atoms with Crippen LogP contribution in [0, 0.1) is 5.41 Å². The molecule has 48 valence electrons. The van der Waals surface area contributed by atoms with Crippen molar-refractivity contribution < 1.29 is 7.85 Å². The summed E-state index contributed by atoms with van der Waals surface area (Å²) in [6.45, 7) is 3.71. The molecule has 0 aromatic rings. The molecule has 8 heavy (non-hydrogen) atoms. The van der Waals surface area contributed by atoms with Crippen LogP contribution in [0.25, 0.3) is 0 Å². The lowest BCUT2D eigenvalue weighted by Crippen LogP contribution is -2.14. The first-order valence-corrected chi connectivity index (χ1v) is 2.72. The largest absolute Gasteiger partial charge is 0.396 e. The number of aliphatic hydroxyl groups is 1. The Labute approximate surface area is 53.8 Å². The van der Waals surface area contributed by atoms with Gasteiger partial charge in [-0.25, -0.2) is 0 Å². The smallest absolute Gasteiger partial charge is 0.0534 e. The molecule has 0 unspecified atom stereocenters. The molecule has 1 nitrogen and oxygen atoms in total. The molecule has 0 aliphatic carbocycles. The fraction of sp³-hybridized carbons (Fsp3) is 0.714. The second-order valence-corrected chi connectivity index (χ2v) is 2.73. The van der Waals surface area contributed by atoms with Crippen LogP contribution in [-0.4, -0.2) is 11.7 Å². The first kappa shape index (κ1) is 4.57. The van der Waals surface area contributed by atoms with Gasteiger partial charge < -0.3 is 5.11 Å². The lowest BCUT2D eigenvalue weighted by atomic mass is 9.91. The molecule has 0 heterocycles. The fourth-order valence-electron chi connectivity index (χ4n) is 0.341. The molecule has 0 aromatic heterocycles. The van der Waals surface area contributed by atoms with Crippen LogP contribution in [0.4, 0.5) is 0 Å². The lowest BCUT2D eigenvalue weighted by Gasteiger charge is -2.18. The van der Waals surface area contributed by atoms with Crippen LogP contribution >= 0.6 is 0 Å². The maximum Gasteiger partial charge on any atom is 0.0534 e. The van der Waals surface area contributed by atoms with E-state index in [1.165, 1.54) is 6.08 Å². The van der Waals surface area contributed by atoms with Crippen LogP contribution in [0.5, 0.6) is 0 Å². The van der Waals surface area contributed by atoms with Gasteiger partial charge in [0, 0.05) is 6.61 Å². The van der Waals surface area contributed by atoms with Crippen molar-refractivity contribution in [1.82, 2.24) is 0 Å². The summed E-state index contributed by atoms with van der Waals surface area (Å²) in [6.07, 6.45) is 2.09. The average Bonchev–Trinajstić information content (AvgIpc) is 1.85. The first-order valence-electron chi connectivity index (χ1n) is 3.72. The van der Waals surface area contributed by atoms with Gasteiger partial charge in [0.2, 0.25) is 0 Å². The Kier molecular flexibility index (Phi) is 1.64. The van der Waals surface area contributed by atoms with E-state index >= 15 is 0 Å². The van der Waals surface area contributed by atoms with Crippen LogP contribution in [0.1, 0.15) is 23.0 Å². The Morgan fingerprint density at radius 3 is 2.88 bits per heavy atom. The van der Waals surface area contributed by atoms with E-state index in [1.54, 1.807) is 0 Å². The highest BCUT2D eigenvalue weighted by Crippen LogP contribution is 2.18. The van der Waals surface area contributed by atoms with Gasteiger partial charge in [0.15, 0.2) is 0 Å². The van der Waals surface area contributed by atoms with Gasteiger partial charge in [-0.15, -0.1) is 6.53 Å². The second-order valence-electron chi connectivity index (χ2n) is 2.73. The minimum Gasteiger partial charge on any atom is -0.396 e. The molecule has 0 radical (unpaired) electrons. The van der Waals surface area contributed by atoms with Crippen LogP contribution in [0.2, 0.25) is 0 Å². The van der Waals surface area contributed by atoms with Gasteiger partial charge in [0.05, 0.1) is 2.74 Å². The molecular formula is C7H14O. The number of aliphatic hydroxyl groups excluding tert-OH is 1. The van der Waals surface area contributed by atoms with E-state index in [9.17, 15) is 0 Å². The van der Waals surface area contributed by atoms with E-state index in [-0.39, 0.29) is 18.6 Å². The monoisotopic (exact) mass is 116 g/mol. The predicted octanol–water partition coefficient (Wildman–Crippen LogP) is 1.58. The lowest BCUT2D eigenvalue weighted by molar-refractivity contribution is 0.162. The van der Waals surface area contributed by atoms with E-state index < -0.39 is 0 Å². The third-order valence-corrected chi connectivity index (χ3v) is 1.08. The third-order valence-electron chi connectivity index (χ3n) is 1.08. The summed E-state index contributed by atoms with van der Waals surface area (Å²) in [7, 11) is 0. The Morgan fingerprint density at radius 2 is 2.50 bits per heavy atom. The molecular weight excluding hydrogens is 100 g/mol. The van der Waals surface area contributed by atoms with Gasteiger partial charge >= 0.3 is 0 Å². The van der Waals surface area contributed by atoms with Gasteiger partial charge in [-0.2, -0.15) is 0 Å². The van der Waals surface area contributed by atoms with E-state index in [0.29, 0.717) is 6.42 Å². The summed E-state index contributed by atoms with van der Waals surface area (Å²) >= 11 is 0. The summed E-state index contributed by atoms with van der Waals surface area (Å²) in [5.74, 6) is 0. The zero-order chi connectivity index (χ0) is 8.20. The zero-order valence-electron chi connectivity index (χ0n) is 7.44.